The Labute approximate surface area is 376 Å². The Balaban J connectivity index is 0.841. The highest BCUT2D eigenvalue weighted by Crippen LogP contribution is 2.41. The summed E-state index contributed by atoms with van der Waals surface area (Å²) in [5.41, 5.74) is 6.95. The SMILES string of the molecule is C=CCOC(=O)Nc1ccc2c(c1)CN1C(=O)c3cc(OC)c(OCCCCCOc4cc5c(cc4OC)C(=O)N4Cc6cc(NC(=O)OCC=C)ccc6C[C@H]4C=N5)cc3N=C[C@@H]1C2. The predicted molar refractivity (Wildman–Crippen MR) is 245 cm³/mol. The van der Waals surface area contributed by atoms with E-state index in [1.807, 2.05) is 36.4 Å². The van der Waals surface area contributed by atoms with E-state index in [1.165, 1.54) is 26.4 Å². The van der Waals surface area contributed by atoms with E-state index in [2.05, 4.69) is 23.8 Å². The van der Waals surface area contributed by atoms with Gasteiger partial charge in [0.2, 0.25) is 0 Å². The Morgan fingerprint density at radius 2 is 1.08 bits per heavy atom. The van der Waals surface area contributed by atoms with Crippen molar-refractivity contribution in [3.05, 3.63) is 119 Å². The van der Waals surface area contributed by atoms with Gasteiger partial charge in [0.05, 0.1) is 62.0 Å². The van der Waals surface area contributed by atoms with Gasteiger partial charge in [0, 0.05) is 49.0 Å². The molecule has 0 saturated carbocycles. The smallest absolute Gasteiger partial charge is 0.411 e. The van der Waals surface area contributed by atoms with Crippen molar-refractivity contribution in [1.82, 2.24) is 9.80 Å². The quantitative estimate of drug-likeness (QED) is 0.0821. The second-order valence-electron chi connectivity index (χ2n) is 15.8. The second-order valence-corrected chi connectivity index (χ2v) is 15.8. The lowest BCUT2D eigenvalue weighted by Crippen LogP contribution is -2.44. The summed E-state index contributed by atoms with van der Waals surface area (Å²) in [6, 6.07) is 17.6. The highest BCUT2D eigenvalue weighted by molar-refractivity contribution is 6.04. The number of ether oxygens (including phenoxy) is 6. The molecular weight excluding hydrogens is 833 g/mol. The Kier molecular flexibility index (Phi) is 13.4. The average Bonchev–Trinajstić information content (AvgIpc) is 3.53. The number of hydrogen-bond acceptors (Lipinski definition) is 12. The Morgan fingerprint density at radius 3 is 1.49 bits per heavy atom. The number of benzene rings is 4. The van der Waals surface area contributed by atoms with E-state index in [4.69, 9.17) is 38.4 Å². The standard InChI is InChI=1S/C49H50N6O10/c1-5-14-64-48(58)52-34-12-10-30-20-36-26-50-40-24-44(42(60-3)22-38(40)46(56)54(36)28-32(30)18-34)62-16-8-7-9-17-63-45-25-41-39(23-43(45)61-4)47(57)55-29-33-19-35(53-49(59)65-15-6-2)13-11-31(33)21-37(55)27-51-41/h5-6,10-13,18-19,22-27,36-37H,1-2,7-9,14-17,20-21,28-29H2,3-4H3,(H,52,58)(H,53,59)/t36-,37-/m0/s1. The fourth-order valence-electron chi connectivity index (χ4n) is 8.25. The Morgan fingerprint density at radius 1 is 0.631 bits per heavy atom. The maximum absolute atomic E-state index is 14.0. The first-order chi connectivity index (χ1) is 31.7. The van der Waals surface area contributed by atoms with Gasteiger partial charge in [-0.25, -0.2) is 9.59 Å². The lowest BCUT2D eigenvalue weighted by Gasteiger charge is -2.34. The van der Waals surface area contributed by atoms with Gasteiger partial charge in [-0.05, 0) is 90.8 Å². The van der Waals surface area contributed by atoms with Crippen LogP contribution in [0.1, 0.15) is 62.2 Å². The van der Waals surface area contributed by atoms with E-state index >= 15 is 0 Å². The van der Waals surface area contributed by atoms with Crippen molar-refractivity contribution >= 4 is 59.2 Å². The fourth-order valence-corrected chi connectivity index (χ4v) is 8.25. The van der Waals surface area contributed by atoms with Crippen LogP contribution in [0.25, 0.3) is 0 Å². The lowest BCUT2D eigenvalue weighted by molar-refractivity contribution is 0.0696. The van der Waals surface area contributed by atoms with Gasteiger partial charge in [-0.3, -0.25) is 30.2 Å². The fraction of sp³-hybridized carbons (Fsp3) is 0.306. The third-order valence-electron chi connectivity index (χ3n) is 11.5. The number of unbranched alkanes of at least 4 members (excludes halogenated alkanes) is 2. The number of aliphatic imine (C=N–C) groups is 2. The van der Waals surface area contributed by atoms with Gasteiger partial charge in [0.15, 0.2) is 23.0 Å². The summed E-state index contributed by atoms with van der Waals surface area (Å²) in [4.78, 5) is 65.2. The van der Waals surface area contributed by atoms with Crippen molar-refractivity contribution in [2.75, 3.05) is 51.3 Å². The number of amides is 4. The van der Waals surface area contributed by atoms with E-state index in [9.17, 15) is 19.2 Å². The van der Waals surface area contributed by atoms with Gasteiger partial charge in [-0.15, -0.1) is 0 Å². The van der Waals surface area contributed by atoms with Crippen molar-refractivity contribution in [3.63, 3.8) is 0 Å². The summed E-state index contributed by atoms with van der Waals surface area (Å²) in [6.45, 7) is 8.79. The first-order valence-corrected chi connectivity index (χ1v) is 21.4. The predicted octanol–water partition coefficient (Wildman–Crippen LogP) is 8.37. The van der Waals surface area contributed by atoms with E-state index in [1.54, 1.807) is 46.5 Å². The van der Waals surface area contributed by atoms with E-state index in [-0.39, 0.29) is 37.1 Å². The molecule has 16 nitrogen and oxygen atoms in total. The molecular formula is C49H50N6O10. The van der Waals surface area contributed by atoms with Crippen LogP contribution in [0.3, 0.4) is 0 Å². The lowest BCUT2D eigenvalue weighted by atomic mass is 9.93. The molecule has 0 saturated heterocycles. The summed E-state index contributed by atoms with van der Waals surface area (Å²) < 4.78 is 33.8. The molecule has 16 heteroatoms. The molecule has 0 radical (unpaired) electrons. The molecule has 0 aliphatic carbocycles. The first kappa shape index (κ1) is 44.0. The van der Waals surface area contributed by atoms with Gasteiger partial charge in [0.25, 0.3) is 11.8 Å². The molecule has 0 fully saturated rings. The monoisotopic (exact) mass is 882 g/mol. The maximum Gasteiger partial charge on any atom is 0.411 e. The summed E-state index contributed by atoms with van der Waals surface area (Å²) in [5.74, 6) is 1.48. The highest BCUT2D eigenvalue weighted by atomic mass is 16.6. The summed E-state index contributed by atoms with van der Waals surface area (Å²) >= 11 is 0. The molecule has 4 amide bonds. The zero-order chi connectivity index (χ0) is 45.5. The Bertz CT molecular complexity index is 2420. The summed E-state index contributed by atoms with van der Waals surface area (Å²) in [5, 5.41) is 5.45. The molecule has 4 aliphatic rings. The molecule has 2 N–H and O–H groups in total. The summed E-state index contributed by atoms with van der Waals surface area (Å²) in [7, 11) is 3.07. The van der Waals surface area contributed by atoms with Crippen LogP contribution in [0, 0.1) is 0 Å². The van der Waals surface area contributed by atoms with Crippen LogP contribution in [0.5, 0.6) is 23.0 Å². The first-order valence-electron chi connectivity index (χ1n) is 21.4. The van der Waals surface area contributed by atoms with E-state index in [0.29, 0.717) is 96.0 Å². The molecule has 336 valence electrons. The molecule has 0 unspecified atom stereocenters. The summed E-state index contributed by atoms with van der Waals surface area (Å²) in [6.07, 6.45) is 8.82. The van der Waals surface area contributed by atoms with E-state index in [0.717, 1.165) is 41.5 Å². The van der Waals surface area contributed by atoms with Crippen LogP contribution in [-0.2, 0) is 35.4 Å². The number of methoxy groups -OCH3 is 2. The molecule has 4 heterocycles. The molecule has 0 spiro atoms. The zero-order valence-electron chi connectivity index (χ0n) is 36.3. The number of carbonyl (C=O) groups excluding carboxylic acids is 4. The van der Waals surface area contributed by atoms with Crippen LogP contribution >= 0.6 is 0 Å². The van der Waals surface area contributed by atoms with Gasteiger partial charge < -0.3 is 38.2 Å². The third kappa shape index (κ3) is 9.81. The average molecular weight is 883 g/mol. The van der Waals surface area contributed by atoms with Gasteiger partial charge in [0.1, 0.15) is 13.2 Å². The van der Waals surface area contributed by atoms with Gasteiger partial charge in [-0.2, -0.15) is 0 Å². The van der Waals surface area contributed by atoms with Crippen molar-refractivity contribution in [1.29, 1.82) is 0 Å². The molecule has 4 aliphatic heterocycles. The largest absolute Gasteiger partial charge is 0.493 e. The van der Waals surface area contributed by atoms with E-state index < -0.39 is 12.2 Å². The molecule has 0 bridgehead atoms. The molecule has 0 aromatic heterocycles. The van der Waals surface area contributed by atoms with Crippen LogP contribution < -0.4 is 29.6 Å². The minimum absolute atomic E-state index is 0.100. The number of anilines is 2. The molecule has 4 aromatic carbocycles. The Hall–Kier alpha value is -7.62. The normalized spacial score (nSPS) is 16.5. The maximum atomic E-state index is 14.0. The minimum atomic E-state index is -0.582. The molecule has 4 aromatic rings. The van der Waals surface area contributed by atoms with Crippen LogP contribution in [0.15, 0.2) is 96.0 Å². The number of nitrogens with zero attached hydrogens (tertiary/aromatic N) is 4. The van der Waals surface area contributed by atoms with Crippen LogP contribution in [-0.4, -0.2) is 99.0 Å². The van der Waals surface area contributed by atoms with Crippen LogP contribution in [0.2, 0.25) is 0 Å². The number of nitrogens with one attached hydrogen (secondary N) is 2. The second kappa shape index (κ2) is 19.8. The van der Waals surface area contributed by atoms with Crippen LogP contribution in [0.4, 0.5) is 32.3 Å². The van der Waals surface area contributed by atoms with Crippen molar-refractivity contribution < 1.29 is 47.6 Å². The van der Waals surface area contributed by atoms with Crippen molar-refractivity contribution in [3.8, 4) is 23.0 Å². The number of carbonyl (C=O) groups is 4. The third-order valence-corrected chi connectivity index (χ3v) is 11.5. The van der Waals surface area contributed by atoms with Gasteiger partial charge >= 0.3 is 12.2 Å². The number of fused-ring (bicyclic) bond motifs is 6. The van der Waals surface area contributed by atoms with Crippen molar-refractivity contribution in [2.24, 2.45) is 9.98 Å². The molecule has 65 heavy (non-hydrogen) atoms. The van der Waals surface area contributed by atoms with Crippen molar-refractivity contribution in [2.45, 2.75) is 57.3 Å². The highest BCUT2D eigenvalue weighted by Gasteiger charge is 2.35. The number of rotatable bonds is 16. The minimum Gasteiger partial charge on any atom is -0.493 e. The topological polar surface area (TPSA) is 179 Å². The van der Waals surface area contributed by atoms with Gasteiger partial charge in [-0.1, -0.05) is 37.4 Å². The zero-order valence-corrected chi connectivity index (χ0v) is 36.3. The molecule has 8 rings (SSSR count). The molecule has 2 atom stereocenters. The number of hydrogen-bond donors (Lipinski definition) is 2.